The molecule has 0 aromatic heterocycles. The van der Waals surface area contributed by atoms with Crippen molar-refractivity contribution in [2.75, 3.05) is 6.54 Å². The average Bonchev–Trinajstić information content (AvgIpc) is 3.38. The standard InChI is InChI=1S/C21H23NO4/c23-19-17-15-8-7-14(11-15)16(17)18(26-19)22-10-4-9-21(22,20(24)25)12-13-5-2-1-3-6-13/h1-3,5-8,14-18H,4,9-12H2,(H,24,25)/t14?,15?,16?,17?,18?,21-/m0/s1. The third-order valence-corrected chi connectivity index (χ3v) is 6.94. The van der Waals surface area contributed by atoms with Crippen molar-refractivity contribution < 1.29 is 19.4 Å². The molecule has 5 heteroatoms. The Morgan fingerprint density at radius 1 is 1.23 bits per heavy atom. The molecule has 4 aliphatic rings. The van der Waals surface area contributed by atoms with Crippen LogP contribution in [0.1, 0.15) is 24.8 Å². The van der Waals surface area contributed by atoms with Gasteiger partial charge in [-0.15, -0.1) is 0 Å². The summed E-state index contributed by atoms with van der Waals surface area (Å²) in [5.74, 6) is -0.313. The molecule has 1 aromatic carbocycles. The Morgan fingerprint density at radius 2 is 2.00 bits per heavy atom. The minimum atomic E-state index is -0.993. The van der Waals surface area contributed by atoms with Gasteiger partial charge in [-0.1, -0.05) is 42.5 Å². The van der Waals surface area contributed by atoms with Gasteiger partial charge in [0.25, 0.3) is 0 Å². The molecule has 5 nitrogen and oxygen atoms in total. The second-order valence-corrected chi connectivity index (χ2v) is 8.17. The van der Waals surface area contributed by atoms with Crippen molar-refractivity contribution in [3.05, 3.63) is 48.0 Å². The zero-order chi connectivity index (χ0) is 17.9. The molecule has 2 heterocycles. The van der Waals surface area contributed by atoms with Crippen LogP contribution < -0.4 is 0 Å². The van der Waals surface area contributed by atoms with Crippen molar-refractivity contribution >= 4 is 11.9 Å². The summed E-state index contributed by atoms with van der Waals surface area (Å²) >= 11 is 0. The summed E-state index contributed by atoms with van der Waals surface area (Å²) in [5.41, 5.74) is 0.0164. The van der Waals surface area contributed by atoms with Crippen molar-refractivity contribution in [2.24, 2.45) is 23.7 Å². The van der Waals surface area contributed by atoms with Crippen molar-refractivity contribution in [3.8, 4) is 0 Å². The molecule has 2 bridgehead atoms. The molecule has 2 aliphatic heterocycles. The molecule has 26 heavy (non-hydrogen) atoms. The lowest BCUT2D eigenvalue weighted by Crippen LogP contribution is -2.58. The fraction of sp³-hybridized carbons (Fsp3) is 0.524. The maximum atomic E-state index is 12.5. The van der Waals surface area contributed by atoms with Crippen molar-refractivity contribution in [3.63, 3.8) is 0 Å². The van der Waals surface area contributed by atoms with Crippen LogP contribution in [-0.2, 0) is 20.7 Å². The Hall–Kier alpha value is -2.14. The second-order valence-electron chi connectivity index (χ2n) is 8.17. The fourth-order valence-electron chi connectivity index (χ4n) is 5.83. The third kappa shape index (κ3) is 2.13. The van der Waals surface area contributed by atoms with Gasteiger partial charge in [-0.05, 0) is 36.7 Å². The Labute approximate surface area is 152 Å². The molecule has 0 spiro atoms. The minimum absolute atomic E-state index is 0.0844. The number of fused-ring (bicyclic) bond motifs is 5. The lowest BCUT2D eigenvalue weighted by Gasteiger charge is -2.40. The summed E-state index contributed by atoms with van der Waals surface area (Å²) in [7, 11) is 0. The van der Waals surface area contributed by atoms with E-state index in [4.69, 9.17) is 4.74 Å². The maximum absolute atomic E-state index is 12.5. The Balaban J connectivity index is 1.50. The molecule has 1 N–H and O–H groups in total. The molecule has 5 rings (SSSR count). The normalized spacial score (nSPS) is 40.8. The van der Waals surface area contributed by atoms with Gasteiger partial charge in [0.05, 0.1) is 5.92 Å². The predicted molar refractivity (Wildman–Crippen MR) is 94.0 cm³/mol. The van der Waals surface area contributed by atoms with E-state index in [9.17, 15) is 14.7 Å². The lowest BCUT2D eigenvalue weighted by molar-refractivity contribution is -0.168. The van der Waals surface area contributed by atoms with Crippen LogP contribution in [0.4, 0.5) is 0 Å². The van der Waals surface area contributed by atoms with Gasteiger partial charge in [0, 0.05) is 18.9 Å². The predicted octanol–water partition coefficient (Wildman–Crippen LogP) is 2.47. The molecule has 1 saturated carbocycles. The third-order valence-electron chi connectivity index (χ3n) is 6.94. The summed E-state index contributed by atoms with van der Waals surface area (Å²) in [5, 5.41) is 10.2. The van der Waals surface area contributed by atoms with Crippen LogP contribution in [0.15, 0.2) is 42.5 Å². The smallest absolute Gasteiger partial charge is 0.324 e. The zero-order valence-corrected chi connectivity index (χ0v) is 14.6. The number of rotatable bonds is 4. The number of aliphatic carboxylic acids is 1. The summed E-state index contributed by atoms with van der Waals surface area (Å²) < 4.78 is 5.82. The van der Waals surface area contributed by atoms with Crippen LogP contribution >= 0.6 is 0 Å². The number of esters is 1. The SMILES string of the molecule is O=C1OC(N2CCC[C@]2(Cc2ccccc2)C(=O)O)C2C3C=CC(C3)C12. The van der Waals surface area contributed by atoms with E-state index in [1.165, 1.54) is 0 Å². The van der Waals surface area contributed by atoms with E-state index >= 15 is 0 Å². The molecule has 5 unspecified atom stereocenters. The molecule has 0 amide bonds. The Morgan fingerprint density at radius 3 is 2.77 bits per heavy atom. The van der Waals surface area contributed by atoms with Gasteiger partial charge in [-0.2, -0.15) is 0 Å². The number of allylic oxidation sites excluding steroid dienone is 2. The van der Waals surface area contributed by atoms with E-state index in [0.29, 0.717) is 25.3 Å². The highest BCUT2D eigenvalue weighted by Gasteiger charge is 2.63. The monoisotopic (exact) mass is 353 g/mol. The molecular formula is C21H23NO4. The quantitative estimate of drug-likeness (QED) is 0.665. The van der Waals surface area contributed by atoms with Crippen LogP contribution in [0.3, 0.4) is 0 Å². The minimum Gasteiger partial charge on any atom is -0.480 e. The number of carboxylic acid groups (broad SMARTS) is 1. The van der Waals surface area contributed by atoms with E-state index < -0.39 is 17.7 Å². The van der Waals surface area contributed by atoms with Gasteiger partial charge in [-0.3, -0.25) is 14.5 Å². The zero-order valence-electron chi connectivity index (χ0n) is 14.6. The summed E-state index contributed by atoms with van der Waals surface area (Å²) in [6, 6.07) is 9.77. The van der Waals surface area contributed by atoms with E-state index in [0.717, 1.165) is 18.4 Å². The van der Waals surface area contributed by atoms with Crippen LogP contribution in [0.5, 0.6) is 0 Å². The van der Waals surface area contributed by atoms with Gasteiger partial charge in [-0.25, -0.2) is 0 Å². The number of carbonyl (C=O) groups excluding carboxylic acids is 1. The van der Waals surface area contributed by atoms with Crippen molar-refractivity contribution in [1.29, 1.82) is 0 Å². The van der Waals surface area contributed by atoms with Gasteiger partial charge in [0.15, 0.2) is 6.23 Å². The van der Waals surface area contributed by atoms with Crippen molar-refractivity contribution in [2.45, 2.75) is 37.5 Å². The van der Waals surface area contributed by atoms with E-state index in [-0.39, 0.29) is 23.7 Å². The summed E-state index contributed by atoms with van der Waals surface area (Å²) in [6.07, 6.45) is 6.80. The second kappa shape index (κ2) is 5.68. The molecule has 3 fully saturated rings. The Bertz CT molecular complexity index is 775. The first-order valence-electron chi connectivity index (χ1n) is 9.53. The number of carbonyl (C=O) groups is 2. The topological polar surface area (TPSA) is 66.8 Å². The van der Waals surface area contributed by atoms with Crippen LogP contribution in [0.25, 0.3) is 0 Å². The highest BCUT2D eigenvalue weighted by atomic mass is 16.6. The molecule has 2 saturated heterocycles. The number of carboxylic acids is 1. The first kappa shape index (κ1) is 16.1. The van der Waals surface area contributed by atoms with Crippen molar-refractivity contribution in [1.82, 2.24) is 4.90 Å². The highest BCUT2D eigenvalue weighted by Crippen LogP contribution is 2.55. The molecule has 1 aromatic rings. The molecule has 0 radical (unpaired) electrons. The van der Waals surface area contributed by atoms with Crippen LogP contribution in [0.2, 0.25) is 0 Å². The number of hydrogen-bond acceptors (Lipinski definition) is 4. The molecule has 136 valence electrons. The van der Waals surface area contributed by atoms with E-state index in [2.05, 4.69) is 12.2 Å². The number of ether oxygens (including phenoxy) is 1. The number of likely N-dealkylation sites (tertiary alicyclic amines) is 1. The first-order chi connectivity index (χ1) is 12.6. The molecule has 2 aliphatic carbocycles. The highest BCUT2D eigenvalue weighted by molar-refractivity contribution is 5.81. The van der Waals surface area contributed by atoms with Gasteiger partial charge in [0.1, 0.15) is 5.54 Å². The van der Waals surface area contributed by atoms with E-state index in [1.54, 1.807) is 0 Å². The van der Waals surface area contributed by atoms with Gasteiger partial charge in [0.2, 0.25) is 0 Å². The molecular weight excluding hydrogens is 330 g/mol. The maximum Gasteiger partial charge on any atom is 0.324 e. The van der Waals surface area contributed by atoms with Crippen LogP contribution in [-0.4, -0.2) is 40.3 Å². The average molecular weight is 353 g/mol. The summed E-state index contributed by atoms with van der Waals surface area (Å²) in [4.78, 5) is 27.0. The largest absolute Gasteiger partial charge is 0.480 e. The lowest BCUT2D eigenvalue weighted by atomic mass is 9.81. The van der Waals surface area contributed by atoms with Gasteiger partial charge >= 0.3 is 11.9 Å². The van der Waals surface area contributed by atoms with E-state index in [1.807, 2.05) is 35.2 Å². The summed E-state index contributed by atoms with van der Waals surface area (Å²) in [6.45, 7) is 0.668. The Kier molecular flexibility index (Phi) is 3.51. The van der Waals surface area contributed by atoms with Crippen LogP contribution in [0, 0.1) is 23.7 Å². The first-order valence-corrected chi connectivity index (χ1v) is 9.53. The molecule has 6 atom stereocenters. The number of hydrogen-bond donors (Lipinski definition) is 1. The van der Waals surface area contributed by atoms with Gasteiger partial charge < -0.3 is 9.84 Å². The fourth-order valence-corrected chi connectivity index (χ4v) is 5.83. The number of nitrogens with zero attached hydrogens (tertiary/aromatic N) is 1. The number of cyclic esters (lactones) is 1. The number of benzene rings is 1.